The molecule has 170 valence electrons. The fraction of sp³-hybridized carbons (Fsp3) is 0.458. The lowest BCUT2D eigenvalue weighted by Gasteiger charge is -2.16. The second-order valence-corrected chi connectivity index (χ2v) is 6.98. The van der Waals surface area contributed by atoms with Crippen LogP contribution in [0.4, 0.5) is 0 Å². The molecule has 2 N–H and O–H groups in total. The molecule has 0 heterocycles. The predicted octanol–water partition coefficient (Wildman–Crippen LogP) is 3.37. The van der Waals surface area contributed by atoms with E-state index in [1.807, 2.05) is 19.1 Å². The molecular formula is C24H35N3O4. The van der Waals surface area contributed by atoms with Gasteiger partial charge in [0.2, 0.25) is 5.75 Å². The number of nitrogens with zero attached hydrogens (tertiary/aromatic N) is 1. The van der Waals surface area contributed by atoms with Gasteiger partial charge in [0.05, 0.1) is 28.4 Å². The molecular weight excluding hydrogens is 394 g/mol. The minimum Gasteiger partial charge on any atom is -0.496 e. The van der Waals surface area contributed by atoms with Crippen molar-refractivity contribution in [3.8, 4) is 23.0 Å². The lowest BCUT2D eigenvalue weighted by atomic mass is 10.1. The van der Waals surface area contributed by atoms with Gasteiger partial charge in [-0.2, -0.15) is 0 Å². The van der Waals surface area contributed by atoms with Gasteiger partial charge in [0.1, 0.15) is 5.75 Å². The summed E-state index contributed by atoms with van der Waals surface area (Å²) in [5, 5.41) is 6.69. The molecule has 2 aromatic carbocycles. The van der Waals surface area contributed by atoms with Crippen LogP contribution >= 0.6 is 0 Å². The van der Waals surface area contributed by atoms with E-state index in [0.717, 1.165) is 48.8 Å². The Morgan fingerprint density at radius 3 is 2.23 bits per heavy atom. The maximum atomic E-state index is 5.56. The zero-order valence-corrected chi connectivity index (χ0v) is 19.5. The third kappa shape index (κ3) is 6.70. The van der Waals surface area contributed by atoms with Crippen LogP contribution in [-0.4, -0.2) is 54.0 Å². The van der Waals surface area contributed by atoms with E-state index in [2.05, 4.69) is 35.8 Å². The average molecular weight is 430 g/mol. The lowest BCUT2D eigenvalue weighted by Crippen LogP contribution is -2.38. The number of rotatable bonds is 11. The molecule has 0 aromatic heterocycles. The number of aliphatic imine (C=N–C) groups is 1. The van der Waals surface area contributed by atoms with E-state index < -0.39 is 0 Å². The number of benzene rings is 2. The van der Waals surface area contributed by atoms with Gasteiger partial charge < -0.3 is 29.6 Å². The summed E-state index contributed by atoms with van der Waals surface area (Å²) in [6.07, 6.45) is 1.60. The molecule has 0 spiro atoms. The molecule has 0 saturated carbocycles. The zero-order valence-electron chi connectivity index (χ0n) is 19.5. The van der Waals surface area contributed by atoms with E-state index in [0.29, 0.717) is 23.8 Å². The van der Waals surface area contributed by atoms with E-state index in [4.69, 9.17) is 23.9 Å². The molecule has 31 heavy (non-hydrogen) atoms. The highest BCUT2D eigenvalue weighted by atomic mass is 16.5. The molecule has 0 radical (unpaired) electrons. The van der Waals surface area contributed by atoms with Crippen molar-refractivity contribution in [2.24, 2.45) is 4.99 Å². The third-order valence-electron chi connectivity index (χ3n) is 4.96. The number of methoxy groups -OCH3 is 4. The van der Waals surface area contributed by atoms with Gasteiger partial charge in [-0.3, -0.25) is 4.99 Å². The van der Waals surface area contributed by atoms with Gasteiger partial charge in [0, 0.05) is 25.2 Å². The summed E-state index contributed by atoms with van der Waals surface area (Å²) in [6.45, 7) is 6.28. The quantitative estimate of drug-likeness (QED) is 0.422. The van der Waals surface area contributed by atoms with Crippen molar-refractivity contribution < 1.29 is 18.9 Å². The van der Waals surface area contributed by atoms with Crippen molar-refractivity contribution >= 4 is 5.96 Å². The number of nitrogens with one attached hydrogen (secondary N) is 2. The van der Waals surface area contributed by atoms with Crippen LogP contribution < -0.4 is 29.6 Å². The van der Waals surface area contributed by atoms with Gasteiger partial charge in [-0.05, 0) is 49.9 Å². The Morgan fingerprint density at radius 1 is 0.839 bits per heavy atom. The van der Waals surface area contributed by atoms with E-state index in [1.165, 1.54) is 5.56 Å². The first-order chi connectivity index (χ1) is 15.1. The van der Waals surface area contributed by atoms with Gasteiger partial charge in [-0.15, -0.1) is 0 Å². The molecule has 0 atom stereocenters. The van der Waals surface area contributed by atoms with Crippen LogP contribution in [0.3, 0.4) is 0 Å². The first-order valence-corrected chi connectivity index (χ1v) is 10.5. The molecule has 0 saturated heterocycles. The summed E-state index contributed by atoms with van der Waals surface area (Å²) in [6, 6.07) is 10.2. The third-order valence-corrected chi connectivity index (χ3v) is 4.96. The van der Waals surface area contributed by atoms with Crippen LogP contribution in [-0.2, 0) is 12.8 Å². The maximum absolute atomic E-state index is 5.56. The van der Waals surface area contributed by atoms with Crippen molar-refractivity contribution in [3.63, 3.8) is 0 Å². The molecule has 7 nitrogen and oxygen atoms in total. The number of ether oxygens (including phenoxy) is 4. The van der Waals surface area contributed by atoms with Crippen molar-refractivity contribution in [2.75, 3.05) is 48.1 Å². The molecule has 2 rings (SSSR count). The molecule has 0 bridgehead atoms. The standard InChI is InChI=1S/C24H35N3O4/c1-7-25-24(26-14-12-18-9-8-17(2)21(16-18)29-4)27-15-13-19-10-11-20(28-3)23(31-6)22(19)30-5/h8-11,16H,7,12-15H2,1-6H3,(H2,25,26,27). The Balaban J connectivity index is 1.98. The minimum absolute atomic E-state index is 0.602. The van der Waals surface area contributed by atoms with Crippen molar-refractivity contribution in [1.29, 1.82) is 0 Å². The normalized spacial score (nSPS) is 11.1. The zero-order chi connectivity index (χ0) is 22.6. The van der Waals surface area contributed by atoms with Crippen molar-refractivity contribution in [1.82, 2.24) is 10.6 Å². The van der Waals surface area contributed by atoms with Crippen LogP contribution in [0.1, 0.15) is 23.6 Å². The highest BCUT2D eigenvalue weighted by molar-refractivity contribution is 5.79. The van der Waals surface area contributed by atoms with E-state index >= 15 is 0 Å². The van der Waals surface area contributed by atoms with Gasteiger partial charge >= 0.3 is 0 Å². The number of hydrogen-bond donors (Lipinski definition) is 2. The topological polar surface area (TPSA) is 73.3 Å². The molecule has 0 unspecified atom stereocenters. The first-order valence-electron chi connectivity index (χ1n) is 10.5. The number of guanidine groups is 1. The van der Waals surface area contributed by atoms with Crippen LogP contribution in [0.15, 0.2) is 35.3 Å². The monoisotopic (exact) mass is 429 g/mol. The van der Waals surface area contributed by atoms with E-state index in [1.54, 1.807) is 28.4 Å². The van der Waals surface area contributed by atoms with Crippen LogP contribution in [0.2, 0.25) is 0 Å². The summed E-state index contributed by atoms with van der Waals surface area (Å²) < 4.78 is 21.8. The van der Waals surface area contributed by atoms with Gasteiger partial charge in [0.25, 0.3) is 0 Å². The van der Waals surface area contributed by atoms with Crippen molar-refractivity contribution in [2.45, 2.75) is 26.7 Å². The Labute approximate surface area is 185 Å². The second kappa shape index (κ2) is 12.6. The summed E-state index contributed by atoms with van der Waals surface area (Å²) >= 11 is 0. The van der Waals surface area contributed by atoms with Crippen LogP contribution in [0.25, 0.3) is 0 Å². The molecule has 0 aliphatic rings. The van der Waals surface area contributed by atoms with Crippen LogP contribution in [0, 0.1) is 6.92 Å². The Hall–Kier alpha value is -3.09. The summed E-state index contributed by atoms with van der Waals surface area (Å²) in [7, 11) is 6.56. The molecule has 0 fully saturated rings. The SMILES string of the molecule is CCNC(=NCCc1ccc(OC)c(OC)c1OC)NCCc1ccc(C)c(OC)c1. The Kier molecular flexibility index (Phi) is 9.81. The van der Waals surface area contributed by atoms with Crippen LogP contribution in [0.5, 0.6) is 23.0 Å². The van der Waals surface area contributed by atoms with Crippen molar-refractivity contribution in [3.05, 3.63) is 47.0 Å². The fourth-order valence-corrected chi connectivity index (χ4v) is 3.34. The summed E-state index contributed by atoms with van der Waals surface area (Å²) in [5.41, 5.74) is 3.38. The maximum Gasteiger partial charge on any atom is 0.203 e. The predicted molar refractivity (Wildman–Crippen MR) is 125 cm³/mol. The van der Waals surface area contributed by atoms with E-state index in [9.17, 15) is 0 Å². The molecule has 0 amide bonds. The van der Waals surface area contributed by atoms with Gasteiger partial charge in [-0.1, -0.05) is 18.2 Å². The molecule has 0 aliphatic carbocycles. The fourth-order valence-electron chi connectivity index (χ4n) is 3.34. The number of aryl methyl sites for hydroxylation is 1. The smallest absolute Gasteiger partial charge is 0.203 e. The molecule has 2 aromatic rings. The van der Waals surface area contributed by atoms with Gasteiger partial charge in [0.15, 0.2) is 17.5 Å². The highest BCUT2D eigenvalue weighted by Crippen LogP contribution is 2.39. The minimum atomic E-state index is 0.602. The van der Waals surface area contributed by atoms with Gasteiger partial charge in [-0.25, -0.2) is 0 Å². The summed E-state index contributed by atoms with van der Waals surface area (Å²) in [4.78, 5) is 4.70. The lowest BCUT2D eigenvalue weighted by molar-refractivity contribution is 0.322. The molecule has 0 aliphatic heterocycles. The average Bonchev–Trinajstić information content (AvgIpc) is 2.79. The number of hydrogen-bond acceptors (Lipinski definition) is 5. The first kappa shape index (κ1) is 24.2. The second-order valence-electron chi connectivity index (χ2n) is 6.98. The largest absolute Gasteiger partial charge is 0.496 e. The Morgan fingerprint density at radius 2 is 1.58 bits per heavy atom. The Bertz CT molecular complexity index is 868. The van der Waals surface area contributed by atoms with E-state index in [-0.39, 0.29) is 0 Å². The molecule has 7 heteroatoms. The highest BCUT2D eigenvalue weighted by Gasteiger charge is 2.15. The summed E-state index contributed by atoms with van der Waals surface area (Å²) in [5.74, 6) is 3.64.